The van der Waals surface area contributed by atoms with Crippen molar-refractivity contribution in [1.29, 1.82) is 0 Å². The van der Waals surface area contributed by atoms with Gasteiger partial charge in [0.15, 0.2) is 0 Å². The Morgan fingerprint density at radius 3 is 1.84 bits per heavy atom. The number of carboxylic acid groups (broad SMARTS) is 2. The fourth-order valence-electron chi connectivity index (χ4n) is 1.37. The van der Waals surface area contributed by atoms with Gasteiger partial charge in [0.1, 0.15) is 0 Å². The Kier molecular flexibility index (Phi) is 4.47. The number of carboxylic acids is 2. The van der Waals surface area contributed by atoms with Crippen molar-refractivity contribution in [3.05, 3.63) is 29.3 Å². The maximum absolute atomic E-state index is 11.9. The molecule has 0 aliphatic rings. The lowest BCUT2D eigenvalue weighted by molar-refractivity contribution is 0.0696. The van der Waals surface area contributed by atoms with E-state index >= 15 is 0 Å². The number of hydrogen-bond donors (Lipinski definition) is 3. The lowest BCUT2D eigenvalue weighted by atomic mass is 10.1. The van der Waals surface area contributed by atoms with Gasteiger partial charge in [-0.05, 0) is 32.0 Å². The molecular formula is C11H13O7P. The van der Waals surface area contributed by atoms with Crippen molar-refractivity contribution in [3.63, 3.8) is 0 Å². The Hall–Kier alpha value is -1.69. The fraction of sp³-hybridized carbons (Fsp3) is 0.273. The number of benzene rings is 1. The molecule has 0 aliphatic heterocycles. The molecule has 3 N–H and O–H groups in total. The summed E-state index contributed by atoms with van der Waals surface area (Å²) < 4.78 is 16.7. The standard InChI is InChI=1S/C11H13O7P/c1-6(2)18-19(16,17)9-4-7(10(12)13)3-8(5-9)11(14)15/h3-6H,1-2H3,(H,12,13)(H,14,15)(H,16,17). The van der Waals surface area contributed by atoms with Gasteiger partial charge in [-0.2, -0.15) is 0 Å². The van der Waals surface area contributed by atoms with Gasteiger partial charge in [0.05, 0.1) is 22.5 Å². The summed E-state index contributed by atoms with van der Waals surface area (Å²) in [5.74, 6) is -2.79. The van der Waals surface area contributed by atoms with Gasteiger partial charge in [0.2, 0.25) is 0 Å². The quantitative estimate of drug-likeness (QED) is 0.698. The van der Waals surface area contributed by atoms with E-state index < -0.39 is 36.8 Å². The van der Waals surface area contributed by atoms with E-state index in [9.17, 15) is 19.0 Å². The molecule has 7 nitrogen and oxygen atoms in total. The van der Waals surface area contributed by atoms with E-state index in [1.165, 1.54) is 13.8 Å². The minimum Gasteiger partial charge on any atom is -0.478 e. The normalized spacial score (nSPS) is 14.1. The van der Waals surface area contributed by atoms with Crippen LogP contribution in [-0.4, -0.2) is 33.1 Å². The summed E-state index contributed by atoms with van der Waals surface area (Å²) in [5, 5.41) is 17.4. The summed E-state index contributed by atoms with van der Waals surface area (Å²) in [5.41, 5.74) is -0.784. The van der Waals surface area contributed by atoms with E-state index in [1.807, 2.05) is 0 Å². The van der Waals surface area contributed by atoms with Crippen LogP contribution in [0.2, 0.25) is 0 Å². The number of aromatic carboxylic acids is 2. The van der Waals surface area contributed by atoms with E-state index in [0.29, 0.717) is 0 Å². The van der Waals surface area contributed by atoms with Gasteiger partial charge in [-0.1, -0.05) is 0 Å². The largest absolute Gasteiger partial charge is 0.478 e. The summed E-state index contributed by atoms with van der Waals surface area (Å²) in [6.45, 7) is 3.06. The van der Waals surface area contributed by atoms with E-state index in [0.717, 1.165) is 18.2 Å². The van der Waals surface area contributed by atoms with Gasteiger partial charge >= 0.3 is 19.5 Å². The summed E-state index contributed by atoms with van der Waals surface area (Å²) >= 11 is 0. The zero-order valence-electron chi connectivity index (χ0n) is 10.2. The van der Waals surface area contributed by atoms with Crippen molar-refractivity contribution >= 4 is 24.8 Å². The highest BCUT2D eigenvalue weighted by molar-refractivity contribution is 7.61. The van der Waals surface area contributed by atoms with Crippen LogP contribution in [0.15, 0.2) is 18.2 Å². The summed E-state index contributed by atoms with van der Waals surface area (Å²) in [7, 11) is -4.26. The van der Waals surface area contributed by atoms with Gasteiger partial charge in [-0.25, -0.2) is 9.59 Å². The third kappa shape index (κ3) is 3.89. The Morgan fingerprint density at radius 1 is 1.11 bits per heavy atom. The highest BCUT2D eigenvalue weighted by Gasteiger charge is 2.27. The second kappa shape index (κ2) is 5.52. The summed E-state index contributed by atoms with van der Waals surface area (Å²) in [6, 6.07) is 2.76. The van der Waals surface area contributed by atoms with Crippen molar-refractivity contribution in [3.8, 4) is 0 Å². The number of rotatable bonds is 5. The van der Waals surface area contributed by atoms with Crippen LogP contribution < -0.4 is 5.30 Å². The first-order valence-electron chi connectivity index (χ1n) is 5.27. The second-order valence-electron chi connectivity index (χ2n) is 4.05. The van der Waals surface area contributed by atoms with Crippen LogP contribution in [0.5, 0.6) is 0 Å². The molecule has 1 rings (SSSR count). The van der Waals surface area contributed by atoms with Gasteiger partial charge in [-0.3, -0.25) is 4.57 Å². The molecule has 1 unspecified atom stereocenters. The molecule has 0 saturated carbocycles. The zero-order chi connectivity index (χ0) is 14.8. The SMILES string of the molecule is CC(C)OP(=O)(O)c1cc(C(=O)O)cc(C(=O)O)c1. The lowest BCUT2D eigenvalue weighted by Crippen LogP contribution is -2.15. The van der Waals surface area contributed by atoms with E-state index in [4.69, 9.17) is 14.7 Å². The molecule has 104 valence electrons. The van der Waals surface area contributed by atoms with Crippen molar-refractivity contribution in [2.75, 3.05) is 0 Å². The average Bonchev–Trinajstić information content (AvgIpc) is 2.26. The first-order valence-corrected chi connectivity index (χ1v) is 6.84. The van der Waals surface area contributed by atoms with Crippen molar-refractivity contribution in [2.24, 2.45) is 0 Å². The molecule has 0 fully saturated rings. The highest BCUT2D eigenvalue weighted by atomic mass is 31.2. The Labute approximate surface area is 109 Å². The molecule has 0 aromatic heterocycles. The number of hydrogen-bond acceptors (Lipinski definition) is 4. The second-order valence-corrected chi connectivity index (χ2v) is 5.82. The molecule has 8 heteroatoms. The van der Waals surface area contributed by atoms with Crippen LogP contribution in [0.25, 0.3) is 0 Å². The van der Waals surface area contributed by atoms with Crippen LogP contribution in [0.4, 0.5) is 0 Å². The molecule has 0 radical (unpaired) electrons. The first-order chi connectivity index (χ1) is 8.63. The molecule has 0 spiro atoms. The smallest absolute Gasteiger partial charge is 0.359 e. The predicted molar refractivity (Wildman–Crippen MR) is 66.0 cm³/mol. The number of carbonyl (C=O) groups is 2. The van der Waals surface area contributed by atoms with E-state index in [1.54, 1.807) is 0 Å². The van der Waals surface area contributed by atoms with Crippen LogP contribution in [0.3, 0.4) is 0 Å². The Bertz CT molecular complexity index is 532. The molecule has 1 aromatic rings. The van der Waals surface area contributed by atoms with Crippen LogP contribution in [0, 0.1) is 0 Å². The fourth-order valence-corrected chi connectivity index (χ4v) is 2.67. The Balaban J connectivity index is 3.38. The molecule has 0 bridgehead atoms. The van der Waals surface area contributed by atoms with E-state index in [2.05, 4.69) is 0 Å². The minimum atomic E-state index is -4.26. The molecule has 1 atom stereocenters. The zero-order valence-corrected chi connectivity index (χ0v) is 11.1. The first kappa shape index (κ1) is 15.4. The average molecular weight is 288 g/mol. The molecule has 0 heterocycles. The van der Waals surface area contributed by atoms with Crippen molar-refractivity contribution in [1.82, 2.24) is 0 Å². The predicted octanol–water partition coefficient (Wildman–Crippen LogP) is 1.32. The van der Waals surface area contributed by atoms with E-state index in [-0.39, 0.29) is 5.30 Å². The van der Waals surface area contributed by atoms with Crippen LogP contribution in [-0.2, 0) is 9.09 Å². The topological polar surface area (TPSA) is 121 Å². The maximum Gasteiger partial charge on any atom is 0.359 e. The van der Waals surface area contributed by atoms with Gasteiger partial charge in [-0.15, -0.1) is 0 Å². The third-order valence-electron chi connectivity index (χ3n) is 2.09. The van der Waals surface area contributed by atoms with Crippen LogP contribution >= 0.6 is 7.60 Å². The Morgan fingerprint density at radius 2 is 1.53 bits per heavy atom. The molecule has 1 aromatic carbocycles. The lowest BCUT2D eigenvalue weighted by Gasteiger charge is -2.15. The minimum absolute atomic E-state index is 0.362. The highest BCUT2D eigenvalue weighted by Crippen LogP contribution is 2.42. The molecular weight excluding hydrogens is 275 g/mol. The molecule has 0 aliphatic carbocycles. The third-order valence-corrected chi connectivity index (χ3v) is 3.71. The summed E-state index contributed by atoms with van der Waals surface area (Å²) in [4.78, 5) is 31.5. The van der Waals surface area contributed by atoms with Gasteiger partial charge in [0.25, 0.3) is 0 Å². The summed E-state index contributed by atoms with van der Waals surface area (Å²) in [6.07, 6.45) is -0.572. The van der Waals surface area contributed by atoms with Gasteiger partial charge in [0, 0.05) is 0 Å². The van der Waals surface area contributed by atoms with Crippen LogP contribution in [0.1, 0.15) is 34.6 Å². The van der Waals surface area contributed by atoms with Crippen molar-refractivity contribution in [2.45, 2.75) is 20.0 Å². The molecule has 0 amide bonds. The molecule has 0 saturated heterocycles. The van der Waals surface area contributed by atoms with Crippen molar-refractivity contribution < 1.29 is 33.8 Å². The maximum atomic E-state index is 11.9. The molecule has 19 heavy (non-hydrogen) atoms. The van der Waals surface area contributed by atoms with Gasteiger partial charge < -0.3 is 19.6 Å². The monoisotopic (exact) mass is 288 g/mol.